The Labute approximate surface area is 167 Å². The minimum atomic E-state index is -1.19. The summed E-state index contributed by atoms with van der Waals surface area (Å²) >= 11 is 6.00. The molecule has 2 aromatic rings. The Morgan fingerprint density at radius 1 is 1.07 bits per heavy atom. The van der Waals surface area contributed by atoms with Crippen LogP contribution in [0.15, 0.2) is 54.6 Å². The van der Waals surface area contributed by atoms with E-state index < -0.39 is 29.4 Å². The van der Waals surface area contributed by atoms with E-state index in [1.165, 1.54) is 12.0 Å². The van der Waals surface area contributed by atoms with Crippen molar-refractivity contribution in [3.05, 3.63) is 65.2 Å². The van der Waals surface area contributed by atoms with Crippen LogP contribution < -0.4 is 10.2 Å². The second kappa shape index (κ2) is 6.72. The highest BCUT2D eigenvalue weighted by atomic mass is 35.5. The fraction of sp³-hybridized carbons (Fsp3) is 0.286. The van der Waals surface area contributed by atoms with E-state index in [-0.39, 0.29) is 11.8 Å². The molecule has 2 saturated heterocycles. The first-order chi connectivity index (χ1) is 13.4. The maximum atomic E-state index is 13.4. The van der Waals surface area contributed by atoms with Crippen molar-refractivity contribution in [1.82, 2.24) is 0 Å². The van der Waals surface area contributed by atoms with Crippen LogP contribution in [0.25, 0.3) is 0 Å². The molecule has 2 heterocycles. The fourth-order valence-corrected chi connectivity index (χ4v) is 4.62. The van der Waals surface area contributed by atoms with E-state index in [2.05, 4.69) is 0 Å². The van der Waals surface area contributed by atoms with Crippen LogP contribution >= 0.6 is 11.6 Å². The van der Waals surface area contributed by atoms with Gasteiger partial charge in [-0.15, -0.1) is 0 Å². The molecule has 0 spiro atoms. The van der Waals surface area contributed by atoms with Gasteiger partial charge in [-0.2, -0.15) is 0 Å². The van der Waals surface area contributed by atoms with Gasteiger partial charge in [0.15, 0.2) is 0 Å². The standard InChI is InChI=1S/C21H19ClN2O4/c1-21(20(27)28-2)16-15(17(23-21)12-8-10-13(22)11-9-12)18(25)24(19(16)26)14-6-4-3-5-7-14/h3-11,15-17,23H,1-2H3/p+1/t15-,16+,17-,21-/m0/s1. The zero-order chi connectivity index (χ0) is 20.1. The van der Waals surface area contributed by atoms with Crippen LogP contribution in [0.3, 0.4) is 0 Å². The second-order valence-corrected chi connectivity index (χ2v) is 7.81. The van der Waals surface area contributed by atoms with E-state index in [9.17, 15) is 14.4 Å². The third-order valence-corrected chi connectivity index (χ3v) is 6.06. The van der Waals surface area contributed by atoms with Gasteiger partial charge >= 0.3 is 5.97 Å². The molecule has 0 aromatic heterocycles. The number of methoxy groups -OCH3 is 1. The van der Waals surface area contributed by atoms with Crippen molar-refractivity contribution in [2.24, 2.45) is 11.8 Å². The lowest BCUT2D eigenvalue weighted by atomic mass is 9.80. The topological polar surface area (TPSA) is 80.3 Å². The Balaban J connectivity index is 1.82. The van der Waals surface area contributed by atoms with Gasteiger partial charge in [-0.05, 0) is 24.3 Å². The summed E-state index contributed by atoms with van der Waals surface area (Å²) in [4.78, 5) is 40.5. The molecule has 0 saturated carbocycles. The summed E-state index contributed by atoms with van der Waals surface area (Å²) in [5.74, 6) is -2.67. The molecular weight excluding hydrogens is 380 g/mol. The lowest BCUT2D eigenvalue weighted by Gasteiger charge is -2.25. The lowest BCUT2D eigenvalue weighted by molar-refractivity contribution is -0.730. The molecular formula is C21H20ClN2O4+. The van der Waals surface area contributed by atoms with Crippen molar-refractivity contribution in [1.29, 1.82) is 0 Å². The summed E-state index contributed by atoms with van der Waals surface area (Å²) in [5, 5.41) is 2.36. The number of ether oxygens (including phenoxy) is 1. The molecule has 144 valence electrons. The summed E-state index contributed by atoms with van der Waals surface area (Å²) in [5.41, 5.74) is 0.150. The van der Waals surface area contributed by atoms with Crippen LogP contribution in [0.1, 0.15) is 18.5 Å². The van der Waals surface area contributed by atoms with Crippen molar-refractivity contribution >= 4 is 35.1 Å². The first-order valence-corrected chi connectivity index (χ1v) is 9.39. The molecule has 4 rings (SSSR count). The zero-order valence-corrected chi connectivity index (χ0v) is 16.2. The number of rotatable bonds is 3. The number of imide groups is 1. The maximum Gasteiger partial charge on any atom is 0.368 e. The molecule has 0 radical (unpaired) electrons. The monoisotopic (exact) mass is 399 g/mol. The van der Waals surface area contributed by atoms with Crippen LogP contribution in [-0.4, -0.2) is 30.4 Å². The minimum absolute atomic E-state index is 0.301. The summed E-state index contributed by atoms with van der Waals surface area (Å²) in [7, 11) is 1.29. The van der Waals surface area contributed by atoms with Gasteiger partial charge in [-0.1, -0.05) is 41.9 Å². The number of quaternary nitrogens is 1. The van der Waals surface area contributed by atoms with E-state index in [1.54, 1.807) is 48.6 Å². The highest BCUT2D eigenvalue weighted by Crippen LogP contribution is 2.45. The number of carbonyl (C=O) groups is 3. The number of nitrogens with two attached hydrogens (primary N) is 1. The smallest absolute Gasteiger partial charge is 0.368 e. The Bertz CT molecular complexity index is 947. The SMILES string of the molecule is COC(=O)[C@@]1(C)[NH2+][C@@H](c2ccc(Cl)cc2)[C@H]2C(=O)N(c3ccccc3)C(=O)[C@@H]21. The van der Waals surface area contributed by atoms with E-state index in [4.69, 9.17) is 16.3 Å². The van der Waals surface area contributed by atoms with Crippen molar-refractivity contribution in [2.45, 2.75) is 18.5 Å². The van der Waals surface area contributed by atoms with Crippen LogP contribution in [0, 0.1) is 11.8 Å². The van der Waals surface area contributed by atoms with Crippen molar-refractivity contribution < 1.29 is 24.4 Å². The number of hydrogen-bond acceptors (Lipinski definition) is 4. The van der Waals surface area contributed by atoms with Gasteiger partial charge in [-0.25, -0.2) is 9.69 Å². The molecule has 7 heteroatoms. The van der Waals surface area contributed by atoms with Crippen molar-refractivity contribution in [3.8, 4) is 0 Å². The molecule has 0 aliphatic carbocycles. The molecule has 4 atom stereocenters. The van der Waals surface area contributed by atoms with Gasteiger partial charge < -0.3 is 10.1 Å². The first-order valence-electron chi connectivity index (χ1n) is 9.01. The average Bonchev–Trinajstić information content (AvgIpc) is 3.16. The molecule has 2 amide bonds. The number of anilines is 1. The fourth-order valence-electron chi connectivity index (χ4n) is 4.50. The Morgan fingerprint density at radius 3 is 2.32 bits per heavy atom. The van der Waals surface area contributed by atoms with E-state index in [1.807, 2.05) is 18.2 Å². The van der Waals surface area contributed by atoms with Gasteiger partial charge in [0.25, 0.3) is 0 Å². The number of amides is 2. The summed E-state index contributed by atoms with van der Waals surface area (Å²) < 4.78 is 5.00. The normalized spacial score (nSPS) is 29.1. The van der Waals surface area contributed by atoms with E-state index in [0.29, 0.717) is 10.7 Å². The number of para-hydroxylation sites is 1. The molecule has 6 nitrogen and oxygen atoms in total. The Morgan fingerprint density at radius 2 is 1.71 bits per heavy atom. The van der Waals surface area contributed by atoms with Gasteiger partial charge in [0.1, 0.15) is 17.9 Å². The van der Waals surface area contributed by atoms with Gasteiger partial charge in [0.2, 0.25) is 17.4 Å². The predicted octanol–water partition coefficient (Wildman–Crippen LogP) is 1.70. The quantitative estimate of drug-likeness (QED) is 0.629. The molecule has 0 unspecified atom stereocenters. The van der Waals surface area contributed by atoms with Crippen molar-refractivity contribution in [2.75, 3.05) is 12.0 Å². The number of benzene rings is 2. The van der Waals surface area contributed by atoms with Gasteiger partial charge in [0.05, 0.1) is 12.8 Å². The molecule has 2 fully saturated rings. The number of hydrogen-bond donors (Lipinski definition) is 1. The second-order valence-electron chi connectivity index (χ2n) is 7.37. The number of nitrogens with zero attached hydrogens (tertiary/aromatic N) is 1. The maximum absolute atomic E-state index is 13.4. The summed E-state index contributed by atoms with van der Waals surface area (Å²) in [6.45, 7) is 1.67. The van der Waals surface area contributed by atoms with E-state index >= 15 is 0 Å². The van der Waals surface area contributed by atoms with Crippen molar-refractivity contribution in [3.63, 3.8) is 0 Å². The molecule has 0 bridgehead atoms. The van der Waals surface area contributed by atoms with Gasteiger partial charge in [-0.3, -0.25) is 9.59 Å². The molecule has 2 N–H and O–H groups in total. The molecule has 2 aliphatic rings. The molecule has 28 heavy (non-hydrogen) atoms. The predicted molar refractivity (Wildman–Crippen MR) is 102 cm³/mol. The lowest BCUT2D eigenvalue weighted by Crippen LogP contribution is -2.97. The third-order valence-electron chi connectivity index (χ3n) is 5.80. The van der Waals surface area contributed by atoms with Crippen LogP contribution in [-0.2, 0) is 19.1 Å². The minimum Gasteiger partial charge on any atom is -0.464 e. The number of carbonyl (C=O) groups excluding carboxylic acids is 3. The zero-order valence-electron chi connectivity index (χ0n) is 15.5. The average molecular weight is 400 g/mol. The number of esters is 1. The third kappa shape index (κ3) is 2.64. The number of fused-ring (bicyclic) bond motifs is 1. The largest absolute Gasteiger partial charge is 0.464 e. The highest BCUT2D eigenvalue weighted by molar-refractivity contribution is 6.30. The Kier molecular flexibility index (Phi) is 4.48. The summed E-state index contributed by atoms with van der Waals surface area (Å²) in [6, 6.07) is 15.5. The van der Waals surface area contributed by atoms with Crippen LogP contribution in [0.4, 0.5) is 5.69 Å². The van der Waals surface area contributed by atoms with Crippen LogP contribution in [0.5, 0.6) is 0 Å². The Hall–Kier alpha value is -2.70. The van der Waals surface area contributed by atoms with Crippen LogP contribution in [0.2, 0.25) is 5.02 Å². The molecule has 2 aliphatic heterocycles. The van der Waals surface area contributed by atoms with Gasteiger partial charge in [0, 0.05) is 17.5 Å². The number of halogens is 1. The highest BCUT2D eigenvalue weighted by Gasteiger charge is 2.70. The van der Waals surface area contributed by atoms with E-state index in [0.717, 1.165) is 5.56 Å². The summed E-state index contributed by atoms with van der Waals surface area (Å²) in [6.07, 6.45) is 0. The molecule has 2 aromatic carbocycles. The first kappa shape index (κ1) is 18.7.